The molecule has 0 saturated carbocycles. The molecule has 2 aromatic rings. The molecule has 20 heavy (non-hydrogen) atoms. The average molecular weight is 332 g/mol. The second kappa shape index (κ2) is 6.51. The van der Waals surface area contributed by atoms with Crippen LogP contribution in [0.25, 0.3) is 0 Å². The van der Waals surface area contributed by atoms with E-state index < -0.39 is 6.10 Å². The zero-order chi connectivity index (χ0) is 14.5. The van der Waals surface area contributed by atoms with Crippen molar-refractivity contribution >= 4 is 21.7 Å². The largest absolute Gasteiger partial charge is 0.386 e. The molecule has 1 aromatic carbocycles. The Morgan fingerprint density at radius 3 is 2.65 bits per heavy atom. The molecule has 2 atom stereocenters. The summed E-state index contributed by atoms with van der Waals surface area (Å²) in [6, 6.07) is 12.7. The van der Waals surface area contributed by atoms with E-state index in [0.29, 0.717) is 11.4 Å². The van der Waals surface area contributed by atoms with Crippen molar-refractivity contribution in [1.29, 1.82) is 5.26 Å². The molecule has 0 aliphatic carbocycles. The molecule has 2 N–H and O–H groups in total. The van der Waals surface area contributed by atoms with Gasteiger partial charge in [-0.25, -0.2) is 4.98 Å². The molecule has 0 aliphatic heterocycles. The van der Waals surface area contributed by atoms with Crippen LogP contribution in [0.2, 0.25) is 0 Å². The first-order valence-corrected chi connectivity index (χ1v) is 6.96. The molecule has 0 spiro atoms. The number of anilines is 1. The summed E-state index contributed by atoms with van der Waals surface area (Å²) >= 11 is 3.36. The first kappa shape index (κ1) is 14.5. The maximum absolute atomic E-state index is 10.3. The van der Waals surface area contributed by atoms with Crippen molar-refractivity contribution in [1.82, 2.24) is 4.98 Å². The molecule has 1 heterocycles. The van der Waals surface area contributed by atoms with Crippen LogP contribution in [0.1, 0.15) is 24.2 Å². The predicted octanol–water partition coefficient (Wildman–Crippen LogP) is 3.25. The van der Waals surface area contributed by atoms with Gasteiger partial charge in [0, 0.05) is 10.7 Å². The van der Waals surface area contributed by atoms with Gasteiger partial charge < -0.3 is 10.4 Å². The molecular formula is C15H14BrN3O. The molecule has 1 aromatic heterocycles. The third kappa shape index (κ3) is 3.35. The third-order valence-corrected chi connectivity index (χ3v) is 3.51. The van der Waals surface area contributed by atoms with Gasteiger partial charge in [-0.3, -0.25) is 0 Å². The first-order valence-electron chi connectivity index (χ1n) is 6.17. The molecule has 0 radical (unpaired) electrons. The van der Waals surface area contributed by atoms with E-state index in [1.165, 1.54) is 0 Å². The monoisotopic (exact) mass is 331 g/mol. The lowest BCUT2D eigenvalue weighted by atomic mass is 10.0. The molecule has 2 rings (SSSR count). The minimum absolute atomic E-state index is 0.266. The van der Waals surface area contributed by atoms with Gasteiger partial charge in [0.2, 0.25) is 0 Å². The summed E-state index contributed by atoms with van der Waals surface area (Å²) in [5.74, 6) is 0.485. The van der Waals surface area contributed by atoms with Crippen LogP contribution in [0.4, 0.5) is 5.82 Å². The number of nitriles is 1. The van der Waals surface area contributed by atoms with Crippen molar-refractivity contribution in [2.75, 3.05) is 5.32 Å². The fourth-order valence-corrected chi connectivity index (χ4v) is 2.12. The molecule has 0 fully saturated rings. The molecule has 2 unspecified atom stereocenters. The zero-order valence-electron chi connectivity index (χ0n) is 10.9. The summed E-state index contributed by atoms with van der Waals surface area (Å²) in [5, 5.41) is 22.4. The Kier molecular flexibility index (Phi) is 4.72. The lowest BCUT2D eigenvalue weighted by molar-refractivity contribution is 0.160. The molecule has 5 heteroatoms. The Morgan fingerprint density at radius 2 is 2.00 bits per heavy atom. The molecule has 4 nitrogen and oxygen atoms in total. The number of nitrogens with one attached hydrogen (secondary N) is 1. The lowest BCUT2D eigenvalue weighted by Crippen LogP contribution is -2.25. The van der Waals surface area contributed by atoms with Crippen molar-refractivity contribution in [2.24, 2.45) is 0 Å². The maximum atomic E-state index is 10.3. The SMILES string of the molecule is CC(Nc1ncccc1C#N)C(O)c1ccc(Br)cc1. The van der Waals surface area contributed by atoms with E-state index in [1.807, 2.05) is 31.2 Å². The summed E-state index contributed by atoms with van der Waals surface area (Å²) in [6.07, 6.45) is 0.929. The first-order chi connectivity index (χ1) is 9.61. The van der Waals surface area contributed by atoms with Crippen LogP contribution >= 0.6 is 15.9 Å². The van der Waals surface area contributed by atoms with Crippen LogP contribution in [-0.4, -0.2) is 16.1 Å². The van der Waals surface area contributed by atoms with Gasteiger partial charge in [0.25, 0.3) is 0 Å². The standard InChI is InChI=1S/C15H14BrN3O/c1-10(14(20)11-4-6-13(16)7-5-11)19-15-12(9-17)3-2-8-18-15/h2-8,10,14,20H,1H3,(H,18,19). The van der Waals surface area contributed by atoms with Gasteiger partial charge in [-0.1, -0.05) is 28.1 Å². The second-order valence-corrected chi connectivity index (χ2v) is 5.36. The van der Waals surface area contributed by atoms with E-state index in [2.05, 4.69) is 32.3 Å². The highest BCUT2D eigenvalue weighted by Gasteiger charge is 2.17. The topological polar surface area (TPSA) is 68.9 Å². The van der Waals surface area contributed by atoms with Crippen molar-refractivity contribution in [3.8, 4) is 6.07 Å². The molecule has 0 bridgehead atoms. The average Bonchev–Trinajstić information content (AvgIpc) is 2.48. The van der Waals surface area contributed by atoms with E-state index >= 15 is 0 Å². The minimum Gasteiger partial charge on any atom is -0.386 e. The highest BCUT2D eigenvalue weighted by Crippen LogP contribution is 2.22. The number of pyridine rings is 1. The number of rotatable bonds is 4. The van der Waals surface area contributed by atoms with Gasteiger partial charge in [0.1, 0.15) is 11.9 Å². The van der Waals surface area contributed by atoms with Crippen LogP contribution < -0.4 is 5.32 Å². The summed E-state index contributed by atoms with van der Waals surface area (Å²) in [5.41, 5.74) is 1.27. The van der Waals surface area contributed by atoms with E-state index in [-0.39, 0.29) is 6.04 Å². The molecule has 0 amide bonds. The predicted molar refractivity (Wildman–Crippen MR) is 81.1 cm³/mol. The summed E-state index contributed by atoms with van der Waals surface area (Å²) < 4.78 is 0.963. The Bertz CT molecular complexity index is 622. The number of nitrogens with zero attached hydrogens (tertiary/aromatic N) is 2. The van der Waals surface area contributed by atoms with Crippen molar-refractivity contribution in [3.63, 3.8) is 0 Å². The Labute approximate surface area is 126 Å². The number of aromatic nitrogens is 1. The minimum atomic E-state index is -0.684. The smallest absolute Gasteiger partial charge is 0.144 e. The van der Waals surface area contributed by atoms with Crippen molar-refractivity contribution in [2.45, 2.75) is 19.1 Å². The van der Waals surface area contributed by atoms with Crippen molar-refractivity contribution in [3.05, 3.63) is 58.2 Å². The highest BCUT2D eigenvalue weighted by molar-refractivity contribution is 9.10. The Morgan fingerprint density at radius 1 is 1.30 bits per heavy atom. The van der Waals surface area contributed by atoms with E-state index in [0.717, 1.165) is 10.0 Å². The van der Waals surface area contributed by atoms with Gasteiger partial charge in [0.05, 0.1) is 17.7 Å². The Hall–Kier alpha value is -1.90. The van der Waals surface area contributed by atoms with Gasteiger partial charge in [-0.15, -0.1) is 0 Å². The Balaban J connectivity index is 2.13. The van der Waals surface area contributed by atoms with Crippen molar-refractivity contribution < 1.29 is 5.11 Å². The molecule has 0 aliphatic rings. The highest BCUT2D eigenvalue weighted by atomic mass is 79.9. The zero-order valence-corrected chi connectivity index (χ0v) is 12.5. The molecule has 0 saturated heterocycles. The lowest BCUT2D eigenvalue weighted by Gasteiger charge is -2.21. The van der Waals surface area contributed by atoms with Crippen LogP contribution in [0.15, 0.2) is 47.1 Å². The van der Waals surface area contributed by atoms with Gasteiger partial charge >= 0.3 is 0 Å². The van der Waals surface area contributed by atoms with E-state index in [9.17, 15) is 5.11 Å². The number of aliphatic hydroxyl groups is 1. The maximum Gasteiger partial charge on any atom is 0.144 e. The number of benzene rings is 1. The number of hydrogen-bond donors (Lipinski definition) is 2. The van der Waals surface area contributed by atoms with Gasteiger partial charge in [-0.05, 0) is 36.8 Å². The normalized spacial score (nSPS) is 13.3. The number of aliphatic hydroxyl groups excluding tert-OH is 1. The van der Waals surface area contributed by atoms with Crippen LogP contribution in [0.5, 0.6) is 0 Å². The summed E-state index contributed by atoms with van der Waals surface area (Å²) in [6.45, 7) is 1.85. The molecule has 102 valence electrons. The fourth-order valence-electron chi connectivity index (χ4n) is 1.85. The third-order valence-electron chi connectivity index (χ3n) is 2.98. The fraction of sp³-hybridized carbons (Fsp3) is 0.200. The molecular weight excluding hydrogens is 318 g/mol. The van der Waals surface area contributed by atoms with E-state index in [1.54, 1.807) is 18.3 Å². The van der Waals surface area contributed by atoms with Crippen LogP contribution in [-0.2, 0) is 0 Å². The van der Waals surface area contributed by atoms with Crippen LogP contribution in [0, 0.1) is 11.3 Å². The van der Waals surface area contributed by atoms with Crippen LogP contribution in [0.3, 0.4) is 0 Å². The number of hydrogen-bond acceptors (Lipinski definition) is 4. The second-order valence-electron chi connectivity index (χ2n) is 4.44. The summed E-state index contributed by atoms with van der Waals surface area (Å²) in [7, 11) is 0. The summed E-state index contributed by atoms with van der Waals surface area (Å²) in [4.78, 5) is 4.13. The van der Waals surface area contributed by atoms with E-state index in [4.69, 9.17) is 5.26 Å². The van der Waals surface area contributed by atoms with Gasteiger partial charge in [-0.2, -0.15) is 5.26 Å². The quantitative estimate of drug-likeness (QED) is 0.902. The van der Waals surface area contributed by atoms with Gasteiger partial charge in [0.15, 0.2) is 0 Å². The number of halogens is 1.